The highest BCUT2D eigenvalue weighted by molar-refractivity contribution is 5.45. The first-order valence-electron chi connectivity index (χ1n) is 5.18. The lowest BCUT2D eigenvalue weighted by Crippen LogP contribution is -2.43. The summed E-state index contributed by atoms with van der Waals surface area (Å²) < 4.78 is 7.15. The van der Waals surface area contributed by atoms with Crippen LogP contribution in [0.3, 0.4) is 0 Å². The Hall–Kier alpha value is -1.36. The van der Waals surface area contributed by atoms with Gasteiger partial charge in [0, 0.05) is 18.3 Å². The summed E-state index contributed by atoms with van der Waals surface area (Å²) in [6.45, 7) is 4.89. The Morgan fingerprint density at radius 1 is 1.60 bits per heavy atom. The third-order valence-corrected chi connectivity index (χ3v) is 3.03. The number of nitrogens with zero attached hydrogens (tertiary/aromatic N) is 3. The fourth-order valence-electron chi connectivity index (χ4n) is 2.33. The van der Waals surface area contributed by atoms with Crippen molar-refractivity contribution in [3.63, 3.8) is 0 Å². The molecule has 0 spiro atoms. The standard InChI is InChI=1S/C10H13N3O2/c1-7-4-9-12-2-3-15-6-8(12)5-13(9)10(14)11-7/h4,8H,2-3,5-6H2,1H3. The van der Waals surface area contributed by atoms with Gasteiger partial charge in [0.25, 0.3) is 0 Å². The predicted octanol–water partition coefficient (Wildman–Crippen LogP) is -0.229. The van der Waals surface area contributed by atoms with Gasteiger partial charge >= 0.3 is 5.69 Å². The quantitative estimate of drug-likeness (QED) is 0.589. The monoisotopic (exact) mass is 207 g/mol. The van der Waals surface area contributed by atoms with Crippen molar-refractivity contribution in [2.45, 2.75) is 19.5 Å². The fraction of sp³-hybridized carbons (Fsp3) is 0.600. The van der Waals surface area contributed by atoms with Gasteiger partial charge < -0.3 is 9.64 Å². The van der Waals surface area contributed by atoms with Crippen molar-refractivity contribution in [1.82, 2.24) is 9.55 Å². The highest BCUT2D eigenvalue weighted by atomic mass is 16.5. The number of morpholine rings is 1. The Morgan fingerprint density at radius 3 is 3.33 bits per heavy atom. The van der Waals surface area contributed by atoms with Crippen molar-refractivity contribution in [1.29, 1.82) is 0 Å². The zero-order valence-corrected chi connectivity index (χ0v) is 8.64. The van der Waals surface area contributed by atoms with Gasteiger partial charge in [-0.05, 0) is 6.92 Å². The van der Waals surface area contributed by atoms with Gasteiger partial charge in [-0.25, -0.2) is 4.79 Å². The molecule has 0 radical (unpaired) electrons. The highest BCUT2D eigenvalue weighted by Crippen LogP contribution is 2.26. The summed E-state index contributed by atoms with van der Waals surface area (Å²) in [5, 5.41) is 0. The minimum atomic E-state index is -0.139. The first kappa shape index (κ1) is 8.91. The Bertz CT molecular complexity index is 454. The van der Waals surface area contributed by atoms with E-state index in [-0.39, 0.29) is 5.69 Å². The van der Waals surface area contributed by atoms with Crippen LogP contribution in [0.2, 0.25) is 0 Å². The van der Waals surface area contributed by atoms with Gasteiger partial charge in [0.05, 0.1) is 25.8 Å². The molecule has 2 aliphatic heterocycles. The average Bonchev–Trinajstić information content (AvgIpc) is 2.57. The van der Waals surface area contributed by atoms with Gasteiger partial charge in [-0.3, -0.25) is 4.57 Å². The summed E-state index contributed by atoms with van der Waals surface area (Å²) in [4.78, 5) is 17.9. The molecule has 3 rings (SSSR count). The number of aromatic nitrogens is 2. The zero-order chi connectivity index (χ0) is 10.4. The molecule has 2 aliphatic rings. The molecule has 15 heavy (non-hydrogen) atoms. The second-order valence-corrected chi connectivity index (χ2v) is 4.07. The molecule has 1 unspecified atom stereocenters. The minimum Gasteiger partial charge on any atom is -0.377 e. The van der Waals surface area contributed by atoms with E-state index >= 15 is 0 Å². The first-order valence-corrected chi connectivity index (χ1v) is 5.18. The number of hydrogen-bond acceptors (Lipinski definition) is 4. The van der Waals surface area contributed by atoms with E-state index in [2.05, 4.69) is 9.88 Å². The number of rotatable bonds is 0. The number of ether oxygens (including phenoxy) is 1. The van der Waals surface area contributed by atoms with Crippen LogP contribution in [0.4, 0.5) is 5.82 Å². The summed E-state index contributed by atoms with van der Waals surface area (Å²) in [7, 11) is 0. The van der Waals surface area contributed by atoms with Gasteiger partial charge in [0.2, 0.25) is 0 Å². The molecule has 5 heteroatoms. The maximum atomic E-state index is 11.7. The summed E-state index contributed by atoms with van der Waals surface area (Å²) in [5.74, 6) is 1.00. The number of fused-ring (bicyclic) bond motifs is 3. The molecule has 0 amide bonds. The van der Waals surface area contributed by atoms with E-state index in [0.717, 1.165) is 24.7 Å². The molecule has 1 aromatic rings. The smallest absolute Gasteiger partial charge is 0.349 e. The van der Waals surface area contributed by atoms with Crippen LogP contribution in [0.25, 0.3) is 0 Å². The molecular weight excluding hydrogens is 194 g/mol. The van der Waals surface area contributed by atoms with E-state index in [1.165, 1.54) is 0 Å². The topological polar surface area (TPSA) is 47.4 Å². The third-order valence-electron chi connectivity index (χ3n) is 3.03. The van der Waals surface area contributed by atoms with Gasteiger partial charge in [-0.1, -0.05) is 0 Å². The molecular formula is C10H13N3O2. The van der Waals surface area contributed by atoms with Gasteiger partial charge in [0.1, 0.15) is 5.82 Å². The Balaban J connectivity index is 2.12. The lowest BCUT2D eigenvalue weighted by Gasteiger charge is -2.30. The van der Waals surface area contributed by atoms with Crippen molar-refractivity contribution in [2.24, 2.45) is 0 Å². The van der Waals surface area contributed by atoms with E-state index < -0.39 is 0 Å². The SMILES string of the molecule is Cc1cc2n(c(=O)n1)CC1COCCN21. The highest BCUT2D eigenvalue weighted by Gasteiger charge is 2.32. The van der Waals surface area contributed by atoms with Crippen molar-refractivity contribution >= 4 is 5.82 Å². The largest absolute Gasteiger partial charge is 0.377 e. The van der Waals surface area contributed by atoms with Crippen molar-refractivity contribution in [2.75, 3.05) is 24.7 Å². The minimum absolute atomic E-state index is 0.139. The van der Waals surface area contributed by atoms with Gasteiger partial charge in [-0.2, -0.15) is 4.98 Å². The number of aryl methyl sites for hydroxylation is 1. The van der Waals surface area contributed by atoms with Crippen LogP contribution in [0.5, 0.6) is 0 Å². The molecule has 1 fully saturated rings. The normalized spacial score (nSPS) is 23.8. The van der Waals surface area contributed by atoms with Crippen molar-refractivity contribution < 1.29 is 4.74 Å². The van der Waals surface area contributed by atoms with Gasteiger partial charge in [0.15, 0.2) is 0 Å². The third kappa shape index (κ3) is 1.26. The first-order chi connectivity index (χ1) is 7.25. The van der Waals surface area contributed by atoms with Crippen LogP contribution < -0.4 is 10.6 Å². The molecule has 1 saturated heterocycles. The summed E-state index contributed by atoms with van der Waals surface area (Å²) in [5.41, 5.74) is 0.651. The van der Waals surface area contributed by atoms with Crippen molar-refractivity contribution in [3.05, 3.63) is 22.2 Å². The van der Waals surface area contributed by atoms with Crippen LogP contribution in [0.1, 0.15) is 5.69 Å². The average molecular weight is 207 g/mol. The molecule has 0 aliphatic carbocycles. The second kappa shape index (κ2) is 3.06. The van der Waals surface area contributed by atoms with Crippen LogP contribution in [-0.4, -0.2) is 35.4 Å². The molecule has 0 N–H and O–H groups in total. The molecule has 0 saturated carbocycles. The summed E-state index contributed by atoms with van der Waals surface area (Å²) in [6.07, 6.45) is 0. The van der Waals surface area contributed by atoms with Crippen LogP contribution in [0, 0.1) is 6.92 Å². The van der Waals surface area contributed by atoms with Crippen LogP contribution in [0.15, 0.2) is 10.9 Å². The number of anilines is 1. The fourth-order valence-corrected chi connectivity index (χ4v) is 2.33. The number of hydrogen-bond donors (Lipinski definition) is 0. The lowest BCUT2D eigenvalue weighted by atomic mass is 10.2. The lowest BCUT2D eigenvalue weighted by molar-refractivity contribution is 0.0956. The molecule has 0 aromatic carbocycles. The van der Waals surface area contributed by atoms with E-state index in [4.69, 9.17) is 4.74 Å². The molecule has 1 atom stereocenters. The van der Waals surface area contributed by atoms with Crippen molar-refractivity contribution in [3.8, 4) is 0 Å². The molecule has 0 bridgehead atoms. The Labute approximate surface area is 87.3 Å². The van der Waals surface area contributed by atoms with E-state index in [0.29, 0.717) is 19.2 Å². The molecule has 80 valence electrons. The Morgan fingerprint density at radius 2 is 2.47 bits per heavy atom. The van der Waals surface area contributed by atoms with E-state index in [1.807, 2.05) is 13.0 Å². The molecule has 3 heterocycles. The summed E-state index contributed by atoms with van der Waals surface area (Å²) in [6, 6.07) is 2.29. The van der Waals surface area contributed by atoms with Gasteiger partial charge in [-0.15, -0.1) is 0 Å². The maximum Gasteiger partial charge on any atom is 0.349 e. The molecule has 1 aromatic heterocycles. The van der Waals surface area contributed by atoms with Crippen LogP contribution >= 0.6 is 0 Å². The van der Waals surface area contributed by atoms with Crippen LogP contribution in [-0.2, 0) is 11.3 Å². The maximum absolute atomic E-state index is 11.7. The summed E-state index contributed by atoms with van der Waals surface area (Å²) >= 11 is 0. The van der Waals surface area contributed by atoms with E-state index in [1.54, 1.807) is 4.57 Å². The Kier molecular flexibility index (Phi) is 1.82. The predicted molar refractivity (Wildman–Crippen MR) is 55.2 cm³/mol. The van der Waals surface area contributed by atoms with E-state index in [9.17, 15) is 4.79 Å². The second-order valence-electron chi connectivity index (χ2n) is 4.07. The zero-order valence-electron chi connectivity index (χ0n) is 8.64. The molecule has 5 nitrogen and oxygen atoms in total.